The second-order valence-corrected chi connectivity index (χ2v) is 4.98. The minimum Gasteiger partial charge on any atom is -0.256 e. The SMILES string of the molecule is C1=Nc2ccccc2C1=Cc1ccc2ccccc2c1. The van der Waals surface area contributed by atoms with Crippen LogP contribution < -0.4 is 0 Å². The van der Waals surface area contributed by atoms with Gasteiger partial charge in [-0.3, -0.25) is 4.99 Å². The lowest BCUT2D eigenvalue weighted by atomic mass is 10.0. The zero-order valence-corrected chi connectivity index (χ0v) is 11.0. The van der Waals surface area contributed by atoms with Crippen molar-refractivity contribution in [3.05, 3.63) is 77.9 Å². The van der Waals surface area contributed by atoms with Gasteiger partial charge in [0.25, 0.3) is 0 Å². The Labute approximate surface area is 117 Å². The van der Waals surface area contributed by atoms with Crippen molar-refractivity contribution in [2.75, 3.05) is 0 Å². The molecule has 3 aromatic rings. The predicted molar refractivity (Wildman–Crippen MR) is 86.4 cm³/mol. The van der Waals surface area contributed by atoms with Crippen LogP contribution >= 0.6 is 0 Å². The van der Waals surface area contributed by atoms with Gasteiger partial charge in [-0.15, -0.1) is 0 Å². The molecule has 0 fully saturated rings. The van der Waals surface area contributed by atoms with Gasteiger partial charge in [0.2, 0.25) is 0 Å². The summed E-state index contributed by atoms with van der Waals surface area (Å²) in [7, 11) is 0. The van der Waals surface area contributed by atoms with Crippen LogP contribution in [0.1, 0.15) is 11.1 Å². The average Bonchev–Trinajstić information content (AvgIpc) is 2.91. The summed E-state index contributed by atoms with van der Waals surface area (Å²) < 4.78 is 0. The first kappa shape index (κ1) is 11.2. The molecule has 20 heavy (non-hydrogen) atoms. The van der Waals surface area contributed by atoms with E-state index in [1.165, 1.54) is 27.5 Å². The highest BCUT2D eigenvalue weighted by Gasteiger charge is 2.10. The molecule has 1 aliphatic heterocycles. The molecule has 0 bridgehead atoms. The number of allylic oxidation sites excluding steroid dienone is 1. The Bertz CT molecular complexity index is 856. The second-order valence-electron chi connectivity index (χ2n) is 4.98. The topological polar surface area (TPSA) is 12.4 Å². The molecule has 0 amide bonds. The molecule has 0 aliphatic carbocycles. The van der Waals surface area contributed by atoms with Crippen LogP contribution in [0.5, 0.6) is 0 Å². The second kappa shape index (κ2) is 4.46. The van der Waals surface area contributed by atoms with E-state index < -0.39 is 0 Å². The van der Waals surface area contributed by atoms with Crippen molar-refractivity contribution >= 4 is 34.3 Å². The van der Waals surface area contributed by atoms with Crippen LogP contribution in [0, 0.1) is 0 Å². The number of hydrogen-bond acceptors (Lipinski definition) is 1. The zero-order valence-electron chi connectivity index (χ0n) is 11.0. The van der Waals surface area contributed by atoms with E-state index in [1.807, 2.05) is 18.3 Å². The van der Waals surface area contributed by atoms with Crippen molar-refractivity contribution in [1.82, 2.24) is 0 Å². The van der Waals surface area contributed by atoms with Crippen molar-refractivity contribution in [3.63, 3.8) is 0 Å². The average molecular weight is 255 g/mol. The van der Waals surface area contributed by atoms with Crippen LogP contribution in [-0.4, -0.2) is 6.21 Å². The number of benzene rings is 3. The van der Waals surface area contributed by atoms with Crippen molar-refractivity contribution < 1.29 is 0 Å². The summed E-state index contributed by atoms with van der Waals surface area (Å²) in [6.45, 7) is 0. The monoisotopic (exact) mass is 255 g/mol. The molecular formula is C19H13N. The van der Waals surface area contributed by atoms with Crippen LogP contribution in [0.4, 0.5) is 5.69 Å². The number of rotatable bonds is 1. The van der Waals surface area contributed by atoms with Crippen LogP contribution in [0.3, 0.4) is 0 Å². The maximum absolute atomic E-state index is 4.45. The lowest BCUT2D eigenvalue weighted by molar-refractivity contribution is 1.55. The third-order valence-corrected chi connectivity index (χ3v) is 3.65. The quantitative estimate of drug-likeness (QED) is 0.574. The van der Waals surface area contributed by atoms with Gasteiger partial charge in [-0.2, -0.15) is 0 Å². The highest BCUT2D eigenvalue weighted by Crippen LogP contribution is 2.32. The number of para-hydroxylation sites is 1. The molecule has 1 nitrogen and oxygen atoms in total. The molecule has 1 aliphatic rings. The fourth-order valence-corrected chi connectivity index (χ4v) is 2.63. The summed E-state index contributed by atoms with van der Waals surface area (Å²) in [5.41, 5.74) is 4.65. The van der Waals surface area contributed by atoms with E-state index >= 15 is 0 Å². The first-order chi connectivity index (χ1) is 9.90. The Morgan fingerprint density at radius 3 is 2.50 bits per heavy atom. The number of aliphatic imine (C=N–C) groups is 1. The maximum atomic E-state index is 4.45. The summed E-state index contributed by atoms with van der Waals surface area (Å²) >= 11 is 0. The van der Waals surface area contributed by atoms with Crippen molar-refractivity contribution in [1.29, 1.82) is 0 Å². The van der Waals surface area contributed by atoms with Gasteiger partial charge in [-0.05, 0) is 34.5 Å². The predicted octanol–water partition coefficient (Wildman–Crippen LogP) is 5.10. The van der Waals surface area contributed by atoms with Gasteiger partial charge in [0.05, 0.1) is 5.69 Å². The molecule has 1 heteroatoms. The Kier molecular flexibility index (Phi) is 2.49. The summed E-state index contributed by atoms with van der Waals surface area (Å²) in [6.07, 6.45) is 4.14. The number of fused-ring (bicyclic) bond motifs is 2. The first-order valence-corrected chi connectivity index (χ1v) is 6.74. The molecule has 4 rings (SSSR count). The fraction of sp³-hybridized carbons (Fsp3) is 0. The molecular weight excluding hydrogens is 242 g/mol. The van der Waals surface area contributed by atoms with E-state index in [1.54, 1.807) is 0 Å². The lowest BCUT2D eigenvalue weighted by Crippen LogP contribution is -1.81. The van der Waals surface area contributed by atoms with E-state index in [-0.39, 0.29) is 0 Å². The highest BCUT2D eigenvalue weighted by molar-refractivity contribution is 6.21. The normalized spacial score (nSPS) is 14.9. The molecule has 0 atom stereocenters. The van der Waals surface area contributed by atoms with Crippen LogP contribution in [0.2, 0.25) is 0 Å². The summed E-state index contributed by atoms with van der Waals surface area (Å²) in [6, 6.07) is 23.2. The maximum Gasteiger partial charge on any atom is 0.0708 e. The van der Waals surface area contributed by atoms with Crippen LogP contribution in [0.15, 0.2) is 71.7 Å². The van der Waals surface area contributed by atoms with E-state index in [0.717, 1.165) is 5.69 Å². The highest BCUT2D eigenvalue weighted by atomic mass is 14.7. The summed E-state index contributed by atoms with van der Waals surface area (Å²) in [5, 5.41) is 2.54. The van der Waals surface area contributed by atoms with Crippen molar-refractivity contribution in [2.24, 2.45) is 4.99 Å². The minimum atomic E-state index is 1.06. The largest absolute Gasteiger partial charge is 0.256 e. The van der Waals surface area contributed by atoms with Crippen LogP contribution in [-0.2, 0) is 0 Å². The molecule has 0 N–H and O–H groups in total. The molecule has 0 unspecified atom stereocenters. The number of nitrogens with zero attached hydrogens (tertiary/aromatic N) is 1. The zero-order chi connectivity index (χ0) is 13.4. The van der Waals surface area contributed by atoms with E-state index in [4.69, 9.17) is 0 Å². The molecule has 3 aromatic carbocycles. The molecule has 0 spiro atoms. The van der Waals surface area contributed by atoms with Crippen molar-refractivity contribution in [3.8, 4) is 0 Å². The molecule has 0 radical (unpaired) electrons. The van der Waals surface area contributed by atoms with Crippen molar-refractivity contribution in [2.45, 2.75) is 0 Å². The third kappa shape index (κ3) is 1.84. The Morgan fingerprint density at radius 2 is 1.55 bits per heavy atom. The fourth-order valence-electron chi connectivity index (χ4n) is 2.63. The Hall–Kier alpha value is -2.67. The molecule has 94 valence electrons. The van der Waals surface area contributed by atoms with Gasteiger partial charge in [0.15, 0.2) is 0 Å². The number of hydrogen-bond donors (Lipinski definition) is 0. The first-order valence-electron chi connectivity index (χ1n) is 6.74. The van der Waals surface area contributed by atoms with E-state index in [2.05, 4.69) is 65.7 Å². The van der Waals surface area contributed by atoms with E-state index in [9.17, 15) is 0 Å². The summed E-state index contributed by atoms with van der Waals surface area (Å²) in [5.74, 6) is 0. The van der Waals surface area contributed by atoms with E-state index in [0.29, 0.717) is 0 Å². The third-order valence-electron chi connectivity index (χ3n) is 3.65. The molecule has 0 aromatic heterocycles. The molecule has 1 heterocycles. The lowest BCUT2D eigenvalue weighted by Gasteiger charge is -2.02. The molecule has 0 saturated heterocycles. The summed E-state index contributed by atoms with van der Waals surface area (Å²) in [4.78, 5) is 4.45. The van der Waals surface area contributed by atoms with Gasteiger partial charge in [0.1, 0.15) is 0 Å². The Morgan fingerprint density at radius 1 is 0.750 bits per heavy atom. The molecule has 0 saturated carbocycles. The van der Waals surface area contributed by atoms with Gasteiger partial charge in [-0.25, -0.2) is 0 Å². The minimum absolute atomic E-state index is 1.06. The van der Waals surface area contributed by atoms with Gasteiger partial charge < -0.3 is 0 Å². The van der Waals surface area contributed by atoms with Crippen LogP contribution in [0.25, 0.3) is 22.4 Å². The van der Waals surface area contributed by atoms with Gasteiger partial charge >= 0.3 is 0 Å². The standard InChI is InChI=1S/C19H13N/c1-2-6-16-11-14(9-10-15(16)5-1)12-17-13-20-19-8-4-3-7-18(17)19/h1-13H. The Balaban J connectivity index is 1.82. The van der Waals surface area contributed by atoms with Gasteiger partial charge in [-0.1, -0.05) is 54.6 Å². The smallest absolute Gasteiger partial charge is 0.0708 e. The van der Waals surface area contributed by atoms with Gasteiger partial charge in [0, 0.05) is 17.4 Å².